The van der Waals surface area contributed by atoms with Crippen LogP contribution in [0.3, 0.4) is 0 Å². The molecule has 116 valence electrons. The van der Waals surface area contributed by atoms with Crippen LogP contribution < -0.4 is 10.6 Å². The Kier molecular flexibility index (Phi) is 7.14. The van der Waals surface area contributed by atoms with Crippen LogP contribution in [0.4, 0.5) is 19.3 Å². The number of unbranched alkanes of at least 4 members (excludes halogenated alkanes) is 3. The Bertz CT molecular complexity index is 495. The van der Waals surface area contributed by atoms with Gasteiger partial charge in [0.05, 0.1) is 5.69 Å². The standard InChI is InChI=1S/C14H18F2N2O3/c15-10-6-7-12(11(16)9-10)18-14(21)17-8-4-2-1-3-5-13(19)20/h6-7,9H,1-5,8H2,(H,19,20)(H2,17,18,21). The van der Waals surface area contributed by atoms with E-state index >= 15 is 0 Å². The summed E-state index contributed by atoms with van der Waals surface area (Å²) in [7, 11) is 0. The normalized spacial score (nSPS) is 10.2. The molecular weight excluding hydrogens is 282 g/mol. The third-order valence-electron chi connectivity index (χ3n) is 2.78. The summed E-state index contributed by atoms with van der Waals surface area (Å²) in [5.74, 6) is -2.35. The first-order valence-corrected chi connectivity index (χ1v) is 6.70. The number of nitrogens with one attached hydrogen (secondary N) is 2. The van der Waals surface area contributed by atoms with Crippen molar-refractivity contribution in [1.82, 2.24) is 5.32 Å². The van der Waals surface area contributed by atoms with E-state index in [1.54, 1.807) is 0 Å². The van der Waals surface area contributed by atoms with Crippen molar-refractivity contribution < 1.29 is 23.5 Å². The molecule has 5 nitrogen and oxygen atoms in total. The molecule has 0 saturated heterocycles. The molecule has 7 heteroatoms. The zero-order chi connectivity index (χ0) is 15.7. The van der Waals surface area contributed by atoms with E-state index in [4.69, 9.17) is 5.11 Å². The van der Waals surface area contributed by atoms with Gasteiger partial charge in [0.15, 0.2) is 0 Å². The number of aliphatic carboxylic acids is 1. The number of carbonyl (C=O) groups excluding carboxylic acids is 1. The lowest BCUT2D eigenvalue weighted by molar-refractivity contribution is -0.137. The number of hydrogen-bond acceptors (Lipinski definition) is 2. The van der Waals surface area contributed by atoms with E-state index in [0.717, 1.165) is 25.0 Å². The number of hydrogen-bond donors (Lipinski definition) is 3. The van der Waals surface area contributed by atoms with Crippen molar-refractivity contribution in [2.75, 3.05) is 11.9 Å². The Morgan fingerprint density at radius 3 is 2.48 bits per heavy atom. The van der Waals surface area contributed by atoms with Crippen LogP contribution in [0.2, 0.25) is 0 Å². The van der Waals surface area contributed by atoms with Crippen LogP contribution in [0.5, 0.6) is 0 Å². The van der Waals surface area contributed by atoms with Crippen LogP contribution >= 0.6 is 0 Å². The molecule has 21 heavy (non-hydrogen) atoms. The molecule has 0 heterocycles. The highest BCUT2D eigenvalue weighted by Gasteiger charge is 2.07. The second kappa shape index (κ2) is 8.89. The van der Waals surface area contributed by atoms with Crippen LogP contribution in [-0.4, -0.2) is 23.7 Å². The van der Waals surface area contributed by atoms with Crippen molar-refractivity contribution in [3.8, 4) is 0 Å². The highest BCUT2D eigenvalue weighted by molar-refractivity contribution is 5.89. The van der Waals surface area contributed by atoms with Gasteiger partial charge in [0, 0.05) is 19.0 Å². The van der Waals surface area contributed by atoms with Crippen molar-refractivity contribution >= 4 is 17.7 Å². The van der Waals surface area contributed by atoms with E-state index < -0.39 is 23.6 Å². The second-order valence-corrected chi connectivity index (χ2v) is 4.56. The fraction of sp³-hybridized carbons (Fsp3) is 0.429. The molecule has 0 fully saturated rings. The molecule has 0 aliphatic rings. The molecule has 0 aliphatic heterocycles. The molecule has 1 aromatic rings. The Morgan fingerprint density at radius 1 is 1.10 bits per heavy atom. The maximum atomic E-state index is 13.3. The van der Waals surface area contributed by atoms with Crippen molar-refractivity contribution in [2.45, 2.75) is 32.1 Å². The van der Waals surface area contributed by atoms with Crippen LogP contribution in [0.15, 0.2) is 18.2 Å². The van der Waals surface area contributed by atoms with Gasteiger partial charge in [-0.3, -0.25) is 4.79 Å². The average Bonchev–Trinajstić information content (AvgIpc) is 2.40. The number of benzene rings is 1. The van der Waals surface area contributed by atoms with E-state index in [9.17, 15) is 18.4 Å². The van der Waals surface area contributed by atoms with Crippen LogP contribution in [0.25, 0.3) is 0 Å². The quantitative estimate of drug-likeness (QED) is 0.645. The lowest BCUT2D eigenvalue weighted by Crippen LogP contribution is -2.29. The van der Waals surface area contributed by atoms with Gasteiger partial charge < -0.3 is 15.7 Å². The number of carboxylic acids is 1. The summed E-state index contributed by atoms with van der Waals surface area (Å²) >= 11 is 0. The first-order valence-electron chi connectivity index (χ1n) is 6.70. The number of urea groups is 1. The predicted octanol–water partition coefficient (Wildman–Crippen LogP) is 3.12. The van der Waals surface area contributed by atoms with Gasteiger partial charge >= 0.3 is 12.0 Å². The smallest absolute Gasteiger partial charge is 0.319 e. The molecule has 1 aromatic carbocycles. The summed E-state index contributed by atoms with van der Waals surface area (Å²) < 4.78 is 26.0. The third kappa shape index (κ3) is 7.24. The molecule has 2 amide bonds. The summed E-state index contributed by atoms with van der Waals surface area (Å²) in [6, 6.07) is 2.33. The van der Waals surface area contributed by atoms with Crippen molar-refractivity contribution in [2.24, 2.45) is 0 Å². The van der Waals surface area contributed by atoms with E-state index in [-0.39, 0.29) is 12.1 Å². The minimum Gasteiger partial charge on any atom is -0.481 e. The van der Waals surface area contributed by atoms with Crippen molar-refractivity contribution in [3.63, 3.8) is 0 Å². The van der Waals surface area contributed by atoms with Gasteiger partial charge in [-0.2, -0.15) is 0 Å². The van der Waals surface area contributed by atoms with Gasteiger partial charge in [0.25, 0.3) is 0 Å². The Hall–Kier alpha value is -2.18. The van der Waals surface area contributed by atoms with Crippen molar-refractivity contribution in [3.05, 3.63) is 29.8 Å². The molecule has 0 aromatic heterocycles. The summed E-state index contributed by atoms with van der Waals surface area (Å²) in [5, 5.41) is 13.3. The zero-order valence-corrected chi connectivity index (χ0v) is 11.5. The molecule has 0 bridgehead atoms. The number of carbonyl (C=O) groups is 2. The lowest BCUT2D eigenvalue weighted by atomic mass is 10.1. The highest BCUT2D eigenvalue weighted by Crippen LogP contribution is 2.14. The molecular formula is C14H18F2N2O3. The van der Waals surface area contributed by atoms with E-state index in [0.29, 0.717) is 25.5 Å². The van der Waals surface area contributed by atoms with Gasteiger partial charge in [-0.25, -0.2) is 13.6 Å². The SMILES string of the molecule is O=C(O)CCCCCCNC(=O)Nc1ccc(F)cc1F. The molecule has 0 atom stereocenters. The van der Waals surface area contributed by atoms with Crippen LogP contribution in [0, 0.1) is 11.6 Å². The monoisotopic (exact) mass is 300 g/mol. The van der Waals surface area contributed by atoms with E-state index in [1.807, 2.05) is 0 Å². The summed E-state index contributed by atoms with van der Waals surface area (Å²) in [5.41, 5.74) is -0.0876. The maximum Gasteiger partial charge on any atom is 0.319 e. The van der Waals surface area contributed by atoms with Gasteiger partial charge in [-0.15, -0.1) is 0 Å². The molecule has 0 radical (unpaired) electrons. The van der Waals surface area contributed by atoms with E-state index in [2.05, 4.69) is 10.6 Å². The van der Waals surface area contributed by atoms with E-state index in [1.165, 1.54) is 0 Å². The number of rotatable bonds is 8. The maximum absolute atomic E-state index is 13.3. The molecule has 0 saturated carbocycles. The third-order valence-corrected chi connectivity index (χ3v) is 2.78. The fourth-order valence-electron chi connectivity index (χ4n) is 1.71. The first-order chi connectivity index (χ1) is 9.99. The fourth-order valence-corrected chi connectivity index (χ4v) is 1.71. The van der Waals surface area contributed by atoms with Crippen molar-refractivity contribution in [1.29, 1.82) is 0 Å². The van der Waals surface area contributed by atoms with Gasteiger partial charge in [-0.1, -0.05) is 12.8 Å². The van der Waals surface area contributed by atoms with Gasteiger partial charge in [0.1, 0.15) is 11.6 Å². The van der Waals surface area contributed by atoms with Gasteiger partial charge in [0.2, 0.25) is 0 Å². The summed E-state index contributed by atoms with van der Waals surface area (Å²) in [6.07, 6.45) is 3.06. The molecule has 0 spiro atoms. The number of halogens is 2. The lowest BCUT2D eigenvalue weighted by Gasteiger charge is -2.08. The minimum atomic E-state index is -0.834. The van der Waals surface area contributed by atoms with Crippen LogP contribution in [0.1, 0.15) is 32.1 Å². The molecule has 0 unspecified atom stereocenters. The van der Waals surface area contributed by atoms with Gasteiger partial charge in [-0.05, 0) is 25.0 Å². The molecule has 1 rings (SSSR count). The largest absolute Gasteiger partial charge is 0.481 e. The zero-order valence-electron chi connectivity index (χ0n) is 11.5. The topological polar surface area (TPSA) is 78.4 Å². The number of amides is 2. The summed E-state index contributed by atoms with van der Waals surface area (Å²) in [4.78, 5) is 21.7. The number of carboxylic acid groups (broad SMARTS) is 1. The number of anilines is 1. The Morgan fingerprint density at radius 2 is 1.81 bits per heavy atom. The summed E-state index contributed by atoms with van der Waals surface area (Å²) in [6.45, 7) is 0.404. The highest BCUT2D eigenvalue weighted by atomic mass is 19.1. The predicted molar refractivity (Wildman–Crippen MR) is 74.1 cm³/mol. The minimum absolute atomic E-state index is 0.0876. The molecule has 0 aliphatic carbocycles. The average molecular weight is 300 g/mol. The molecule has 3 N–H and O–H groups in total. The Balaban J connectivity index is 2.15. The Labute approximate surface area is 121 Å². The first kappa shape index (κ1) is 16.9. The second-order valence-electron chi connectivity index (χ2n) is 4.56. The van der Waals surface area contributed by atoms with Crippen LogP contribution in [-0.2, 0) is 4.79 Å².